The Labute approximate surface area is 244 Å². The highest BCUT2D eigenvalue weighted by Gasteiger charge is 2.57. The number of aliphatic hydroxyl groups is 3. The number of likely N-dealkylation sites (N-methyl/N-ethyl adjacent to an activating group) is 1. The molecule has 10 nitrogen and oxygen atoms in total. The number of nitrogens with zero attached hydrogens (tertiary/aromatic N) is 1. The number of esters is 1. The number of ether oxygens (including phenoxy) is 4. The van der Waals surface area contributed by atoms with Gasteiger partial charge >= 0.3 is 5.97 Å². The third-order valence-corrected chi connectivity index (χ3v) is 10.2. The van der Waals surface area contributed by atoms with Crippen molar-refractivity contribution in [2.75, 3.05) is 14.1 Å². The molecule has 3 N–H and O–H groups in total. The number of carbonyl (C=O) groups excluding carboxylic acids is 2. The highest BCUT2D eigenvalue weighted by atomic mass is 16.7. The van der Waals surface area contributed by atoms with Gasteiger partial charge in [-0.1, -0.05) is 20.8 Å². The van der Waals surface area contributed by atoms with E-state index >= 15 is 0 Å². The molecule has 0 amide bonds. The van der Waals surface area contributed by atoms with Gasteiger partial charge in [0.15, 0.2) is 12.1 Å². The van der Waals surface area contributed by atoms with Crippen molar-refractivity contribution in [3.63, 3.8) is 0 Å². The summed E-state index contributed by atoms with van der Waals surface area (Å²) in [7, 11) is 3.79. The summed E-state index contributed by atoms with van der Waals surface area (Å²) < 4.78 is 24.4. The van der Waals surface area contributed by atoms with Crippen molar-refractivity contribution in [2.24, 2.45) is 23.2 Å². The first kappa shape index (κ1) is 32.5. The van der Waals surface area contributed by atoms with Crippen LogP contribution in [0.4, 0.5) is 0 Å². The van der Waals surface area contributed by atoms with Gasteiger partial charge < -0.3 is 39.2 Å². The van der Waals surface area contributed by atoms with Gasteiger partial charge in [0.05, 0.1) is 42.4 Å². The van der Waals surface area contributed by atoms with Gasteiger partial charge in [0.25, 0.3) is 0 Å². The zero-order chi connectivity index (χ0) is 30.4. The molecule has 0 aromatic carbocycles. The summed E-state index contributed by atoms with van der Waals surface area (Å²) in [4.78, 5) is 28.5. The monoisotopic (exact) mass is 581 g/mol. The van der Waals surface area contributed by atoms with Gasteiger partial charge in [-0.2, -0.15) is 0 Å². The number of hydrogen-bond donors (Lipinski definition) is 3. The van der Waals surface area contributed by atoms with Crippen LogP contribution < -0.4 is 0 Å². The van der Waals surface area contributed by atoms with Crippen LogP contribution in [0.1, 0.15) is 73.6 Å². The number of carbonyl (C=O) groups is 2. The van der Waals surface area contributed by atoms with Crippen LogP contribution in [0.25, 0.3) is 0 Å². The normalized spacial score (nSPS) is 50.3. The number of allylic oxidation sites excluding steroid dienone is 1. The summed E-state index contributed by atoms with van der Waals surface area (Å²) in [5.41, 5.74) is -1.73. The summed E-state index contributed by atoms with van der Waals surface area (Å²) in [6.45, 7) is 11.3. The summed E-state index contributed by atoms with van der Waals surface area (Å²) in [5, 5.41) is 33.7. The number of epoxide rings is 1. The van der Waals surface area contributed by atoms with E-state index in [1.165, 1.54) is 6.08 Å². The van der Waals surface area contributed by atoms with Gasteiger partial charge in [-0.15, -0.1) is 0 Å². The van der Waals surface area contributed by atoms with Crippen molar-refractivity contribution in [1.82, 2.24) is 4.90 Å². The van der Waals surface area contributed by atoms with Crippen LogP contribution in [0.3, 0.4) is 0 Å². The Hall–Kier alpha value is -1.40. The molecule has 1 saturated carbocycles. The molecule has 2 bridgehead atoms. The van der Waals surface area contributed by atoms with Gasteiger partial charge in [0, 0.05) is 17.9 Å². The highest BCUT2D eigenvalue weighted by molar-refractivity contribution is 5.95. The summed E-state index contributed by atoms with van der Waals surface area (Å²) in [6.07, 6.45) is -0.643. The van der Waals surface area contributed by atoms with Crippen molar-refractivity contribution in [1.29, 1.82) is 0 Å². The standard InChI is InChI=1S/C31H51NO9/c1-9-22-18(4)28-31(6,41-28)11-10-23(34)30(5)15-19(13-24(30)35)27(17(3)21(33)14-25(36)39-22)40-29-26(37)20(32(7)8)12-16(2)38-29/h10-11,16-22,24,26-29,33,35,37H,9,12-15H2,1-8H3/b11-10+/t16-,17+,18-,19-,20+,21-,22-,24+,26-,27?,28+,29+,30+,31+/m1/s1. The van der Waals surface area contributed by atoms with Gasteiger partial charge in [-0.3, -0.25) is 9.59 Å². The lowest BCUT2D eigenvalue weighted by Crippen LogP contribution is -2.56. The molecule has 0 aromatic heterocycles. The molecule has 234 valence electrons. The minimum absolute atomic E-state index is 0.124. The number of ketones is 1. The maximum Gasteiger partial charge on any atom is 0.308 e. The van der Waals surface area contributed by atoms with E-state index in [0.29, 0.717) is 19.3 Å². The van der Waals surface area contributed by atoms with E-state index < -0.39 is 59.7 Å². The molecule has 2 saturated heterocycles. The molecule has 3 aliphatic heterocycles. The van der Waals surface area contributed by atoms with Crippen LogP contribution in [0.5, 0.6) is 0 Å². The van der Waals surface area contributed by atoms with Crippen LogP contribution in [-0.2, 0) is 28.5 Å². The van der Waals surface area contributed by atoms with Crippen LogP contribution in [-0.4, -0.2) is 107 Å². The largest absolute Gasteiger partial charge is 0.462 e. The average molecular weight is 582 g/mol. The third kappa shape index (κ3) is 6.59. The van der Waals surface area contributed by atoms with E-state index in [1.54, 1.807) is 19.9 Å². The van der Waals surface area contributed by atoms with Crippen molar-refractivity contribution in [3.8, 4) is 0 Å². The molecule has 1 aliphatic carbocycles. The molecule has 10 heteroatoms. The average Bonchev–Trinajstić information content (AvgIpc) is 3.49. The molecule has 1 unspecified atom stereocenters. The topological polar surface area (TPSA) is 138 Å². The smallest absolute Gasteiger partial charge is 0.308 e. The maximum atomic E-state index is 13.6. The fourth-order valence-corrected chi connectivity index (χ4v) is 7.28. The Bertz CT molecular complexity index is 989. The second-order valence-electron chi connectivity index (χ2n) is 13.7. The first-order valence-electron chi connectivity index (χ1n) is 15.2. The minimum atomic E-state index is -1.11. The Kier molecular flexibility index (Phi) is 9.76. The quantitative estimate of drug-likeness (QED) is 0.335. The van der Waals surface area contributed by atoms with E-state index in [4.69, 9.17) is 18.9 Å². The molecule has 0 aromatic rings. The second kappa shape index (κ2) is 12.3. The van der Waals surface area contributed by atoms with Crippen LogP contribution >= 0.6 is 0 Å². The Morgan fingerprint density at radius 2 is 1.76 bits per heavy atom. The SMILES string of the molecule is CC[C@H]1OC(=O)C[C@@H](O)[C@H](C)C(O[C@@H]2O[C@H](C)C[C@H](N(C)C)[C@H]2O)[C@@H]2C[C@H](O)[C@@](C)(C2)C(=O)/C=C/[C@]2(C)O[C@H]2[C@@H]1C. The molecule has 3 fully saturated rings. The number of rotatable bonds is 4. The molecule has 4 rings (SSSR count). The molecule has 41 heavy (non-hydrogen) atoms. The zero-order valence-electron chi connectivity index (χ0n) is 25.9. The Balaban J connectivity index is 1.66. The van der Waals surface area contributed by atoms with Gasteiger partial charge in [-0.25, -0.2) is 0 Å². The summed E-state index contributed by atoms with van der Waals surface area (Å²) in [6, 6.07) is -0.195. The van der Waals surface area contributed by atoms with Crippen molar-refractivity contribution in [3.05, 3.63) is 12.2 Å². The molecular formula is C31H51NO9. The van der Waals surface area contributed by atoms with Gasteiger partial charge in [-0.05, 0) is 78.6 Å². The van der Waals surface area contributed by atoms with Crippen LogP contribution in [0.15, 0.2) is 12.2 Å². The second-order valence-corrected chi connectivity index (χ2v) is 13.7. The predicted molar refractivity (Wildman–Crippen MR) is 151 cm³/mol. The van der Waals surface area contributed by atoms with E-state index in [0.717, 1.165) is 0 Å². The molecule has 0 spiro atoms. The fourth-order valence-electron chi connectivity index (χ4n) is 7.28. The Morgan fingerprint density at radius 3 is 2.39 bits per heavy atom. The summed E-state index contributed by atoms with van der Waals surface area (Å²) >= 11 is 0. The first-order valence-corrected chi connectivity index (χ1v) is 15.2. The first-order chi connectivity index (χ1) is 19.1. The van der Waals surface area contributed by atoms with Crippen molar-refractivity contribution < 1.29 is 43.9 Å². The molecule has 0 radical (unpaired) electrons. The molecule has 3 heterocycles. The van der Waals surface area contributed by atoms with E-state index in [2.05, 4.69) is 0 Å². The molecule has 4 aliphatic rings. The van der Waals surface area contributed by atoms with Gasteiger partial charge in [0.2, 0.25) is 0 Å². The Morgan fingerprint density at radius 1 is 1.07 bits per heavy atom. The van der Waals surface area contributed by atoms with E-state index in [-0.39, 0.29) is 48.7 Å². The zero-order valence-corrected chi connectivity index (χ0v) is 25.9. The predicted octanol–water partition coefficient (Wildman–Crippen LogP) is 2.22. The number of hydrogen-bond acceptors (Lipinski definition) is 10. The van der Waals surface area contributed by atoms with Crippen LogP contribution in [0, 0.1) is 23.2 Å². The van der Waals surface area contributed by atoms with Crippen molar-refractivity contribution in [2.45, 2.75) is 134 Å². The maximum absolute atomic E-state index is 13.6. The number of fused-ring (bicyclic) bond motifs is 3. The minimum Gasteiger partial charge on any atom is -0.462 e. The third-order valence-electron chi connectivity index (χ3n) is 10.2. The lowest BCUT2D eigenvalue weighted by atomic mass is 9.78. The van der Waals surface area contributed by atoms with E-state index in [1.807, 2.05) is 46.7 Å². The number of aliphatic hydroxyl groups excluding tert-OH is 3. The van der Waals surface area contributed by atoms with Gasteiger partial charge in [0.1, 0.15) is 17.8 Å². The molecule has 14 atom stereocenters. The number of cyclic esters (lactones) is 1. The lowest BCUT2D eigenvalue weighted by molar-refractivity contribution is -0.282. The summed E-state index contributed by atoms with van der Waals surface area (Å²) in [5.74, 6) is -1.74. The fraction of sp³-hybridized carbons (Fsp3) is 0.871. The highest BCUT2D eigenvalue weighted by Crippen LogP contribution is 2.49. The lowest BCUT2D eigenvalue weighted by Gasteiger charge is -2.44. The van der Waals surface area contributed by atoms with E-state index in [9.17, 15) is 24.9 Å². The van der Waals surface area contributed by atoms with Crippen LogP contribution in [0.2, 0.25) is 0 Å². The molecular weight excluding hydrogens is 530 g/mol. The van der Waals surface area contributed by atoms with Crippen molar-refractivity contribution >= 4 is 11.8 Å².